The third-order valence-corrected chi connectivity index (χ3v) is 4.55. The molecular formula is C19H18F3N3O3. The monoisotopic (exact) mass is 393 g/mol. The summed E-state index contributed by atoms with van der Waals surface area (Å²) >= 11 is 0. The highest BCUT2D eigenvalue weighted by Crippen LogP contribution is 2.29. The number of benzene rings is 1. The molecule has 0 radical (unpaired) electrons. The molecule has 1 aliphatic heterocycles. The Morgan fingerprint density at radius 1 is 1.04 bits per heavy atom. The van der Waals surface area contributed by atoms with Gasteiger partial charge in [0.2, 0.25) is 0 Å². The SMILES string of the molecule is Cn1cc(C(=O)N2CCCC2)cc(NC(=O)c2ccc(C(F)(F)F)cc2)c1=O. The van der Waals surface area contributed by atoms with Gasteiger partial charge in [-0.15, -0.1) is 0 Å². The van der Waals surface area contributed by atoms with Crippen LogP contribution in [0.5, 0.6) is 0 Å². The van der Waals surface area contributed by atoms with Gasteiger partial charge < -0.3 is 14.8 Å². The molecule has 1 N–H and O–H groups in total. The van der Waals surface area contributed by atoms with Gasteiger partial charge in [0.1, 0.15) is 5.69 Å². The minimum atomic E-state index is -4.50. The summed E-state index contributed by atoms with van der Waals surface area (Å²) in [6.07, 6.45) is -1.28. The Labute approximate surface area is 158 Å². The van der Waals surface area contributed by atoms with Crippen LogP contribution in [0, 0.1) is 0 Å². The van der Waals surface area contributed by atoms with Crippen LogP contribution in [0.4, 0.5) is 18.9 Å². The summed E-state index contributed by atoms with van der Waals surface area (Å²) < 4.78 is 39.1. The summed E-state index contributed by atoms with van der Waals surface area (Å²) in [4.78, 5) is 38.8. The molecule has 0 saturated carbocycles. The molecule has 0 spiro atoms. The van der Waals surface area contributed by atoms with E-state index in [1.54, 1.807) is 4.90 Å². The van der Waals surface area contributed by atoms with Crippen LogP contribution in [0.15, 0.2) is 41.3 Å². The quantitative estimate of drug-likeness (QED) is 0.872. The second-order valence-corrected chi connectivity index (χ2v) is 6.59. The maximum Gasteiger partial charge on any atom is 0.416 e. The summed E-state index contributed by atoms with van der Waals surface area (Å²) in [5.74, 6) is -0.977. The molecule has 9 heteroatoms. The van der Waals surface area contributed by atoms with Gasteiger partial charge in [-0.25, -0.2) is 0 Å². The van der Waals surface area contributed by atoms with Crippen LogP contribution in [-0.2, 0) is 13.2 Å². The summed E-state index contributed by atoms with van der Waals surface area (Å²) in [6.45, 7) is 1.27. The first-order chi connectivity index (χ1) is 13.2. The zero-order chi connectivity index (χ0) is 20.5. The van der Waals surface area contributed by atoms with Crippen molar-refractivity contribution in [3.05, 3.63) is 63.6 Å². The van der Waals surface area contributed by atoms with Crippen molar-refractivity contribution in [3.63, 3.8) is 0 Å². The van der Waals surface area contributed by atoms with Crippen molar-refractivity contribution in [2.75, 3.05) is 18.4 Å². The van der Waals surface area contributed by atoms with E-state index in [1.165, 1.54) is 23.9 Å². The molecule has 0 unspecified atom stereocenters. The number of rotatable bonds is 3. The van der Waals surface area contributed by atoms with Crippen molar-refractivity contribution >= 4 is 17.5 Å². The number of hydrogen-bond donors (Lipinski definition) is 1. The van der Waals surface area contributed by atoms with E-state index < -0.39 is 23.2 Å². The average molecular weight is 393 g/mol. The van der Waals surface area contributed by atoms with Crippen LogP contribution < -0.4 is 10.9 Å². The van der Waals surface area contributed by atoms with Crippen LogP contribution in [-0.4, -0.2) is 34.4 Å². The van der Waals surface area contributed by atoms with Crippen LogP contribution in [0.1, 0.15) is 39.1 Å². The number of anilines is 1. The van der Waals surface area contributed by atoms with E-state index in [9.17, 15) is 27.6 Å². The molecular weight excluding hydrogens is 375 g/mol. The lowest BCUT2D eigenvalue weighted by Crippen LogP contribution is -2.30. The van der Waals surface area contributed by atoms with Gasteiger partial charge in [-0.05, 0) is 43.2 Å². The van der Waals surface area contributed by atoms with Crippen molar-refractivity contribution < 1.29 is 22.8 Å². The fourth-order valence-corrected chi connectivity index (χ4v) is 3.03. The van der Waals surface area contributed by atoms with Gasteiger partial charge in [0, 0.05) is 31.9 Å². The number of nitrogens with one attached hydrogen (secondary N) is 1. The van der Waals surface area contributed by atoms with Crippen LogP contribution in [0.3, 0.4) is 0 Å². The van der Waals surface area contributed by atoms with Gasteiger partial charge in [-0.2, -0.15) is 13.2 Å². The third kappa shape index (κ3) is 4.08. The topological polar surface area (TPSA) is 71.4 Å². The van der Waals surface area contributed by atoms with Gasteiger partial charge >= 0.3 is 6.18 Å². The van der Waals surface area contributed by atoms with Gasteiger partial charge in [0.05, 0.1) is 11.1 Å². The number of carbonyl (C=O) groups excluding carboxylic acids is 2. The van der Waals surface area contributed by atoms with Crippen molar-refractivity contribution in [2.24, 2.45) is 7.05 Å². The second kappa shape index (κ2) is 7.49. The Hall–Kier alpha value is -3.10. The Morgan fingerprint density at radius 3 is 2.21 bits per heavy atom. The molecule has 1 fully saturated rings. The van der Waals surface area contributed by atoms with E-state index in [1.807, 2.05) is 0 Å². The van der Waals surface area contributed by atoms with E-state index >= 15 is 0 Å². The molecule has 0 bridgehead atoms. The number of halogens is 3. The minimum Gasteiger partial charge on any atom is -0.339 e. The first-order valence-electron chi connectivity index (χ1n) is 8.65. The lowest BCUT2D eigenvalue weighted by molar-refractivity contribution is -0.137. The van der Waals surface area contributed by atoms with E-state index in [0.717, 1.165) is 37.1 Å². The lowest BCUT2D eigenvalue weighted by atomic mass is 10.1. The van der Waals surface area contributed by atoms with Crippen LogP contribution >= 0.6 is 0 Å². The fourth-order valence-electron chi connectivity index (χ4n) is 3.03. The number of amides is 2. The van der Waals surface area contributed by atoms with E-state index in [4.69, 9.17) is 0 Å². The molecule has 1 aromatic carbocycles. The lowest BCUT2D eigenvalue weighted by Gasteiger charge is -2.16. The summed E-state index contributed by atoms with van der Waals surface area (Å²) in [7, 11) is 1.46. The Kier molecular flexibility index (Phi) is 5.26. The van der Waals surface area contributed by atoms with Crippen molar-refractivity contribution in [1.82, 2.24) is 9.47 Å². The number of hydrogen-bond acceptors (Lipinski definition) is 3. The molecule has 1 saturated heterocycles. The summed E-state index contributed by atoms with van der Waals surface area (Å²) in [5.41, 5.74) is -1.30. The van der Waals surface area contributed by atoms with Crippen LogP contribution in [0.25, 0.3) is 0 Å². The minimum absolute atomic E-state index is 0.0358. The van der Waals surface area contributed by atoms with Crippen molar-refractivity contribution in [1.29, 1.82) is 0 Å². The molecule has 0 aliphatic carbocycles. The number of nitrogens with zero attached hydrogens (tertiary/aromatic N) is 2. The Balaban J connectivity index is 1.84. The molecule has 1 aliphatic rings. The van der Waals surface area contributed by atoms with E-state index in [0.29, 0.717) is 13.1 Å². The molecule has 2 amide bonds. The number of pyridine rings is 1. The second-order valence-electron chi connectivity index (χ2n) is 6.59. The van der Waals surface area contributed by atoms with Crippen LogP contribution in [0.2, 0.25) is 0 Å². The summed E-state index contributed by atoms with van der Waals surface area (Å²) in [6, 6.07) is 4.94. The van der Waals surface area contributed by atoms with E-state index in [2.05, 4.69) is 5.32 Å². The first-order valence-corrected chi connectivity index (χ1v) is 8.65. The molecule has 28 heavy (non-hydrogen) atoms. The largest absolute Gasteiger partial charge is 0.416 e. The molecule has 6 nitrogen and oxygen atoms in total. The molecule has 1 aromatic heterocycles. The maximum atomic E-state index is 12.6. The molecule has 148 valence electrons. The highest BCUT2D eigenvalue weighted by molar-refractivity contribution is 6.05. The molecule has 2 heterocycles. The normalized spacial score (nSPS) is 14.2. The number of carbonyl (C=O) groups is 2. The standard InChI is InChI=1S/C19H18F3N3O3/c1-24-11-13(17(27)25-8-2-3-9-25)10-15(18(24)28)23-16(26)12-4-6-14(7-5-12)19(20,21)22/h4-7,10-11H,2-3,8-9H2,1H3,(H,23,26). The number of aromatic nitrogens is 1. The van der Waals surface area contributed by atoms with Gasteiger partial charge in [-0.1, -0.05) is 0 Å². The predicted octanol–water partition coefficient (Wildman–Crippen LogP) is 2.89. The highest BCUT2D eigenvalue weighted by Gasteiger charge is 2.30. The maximum absolute atomic E-state index is 12.6. The zero-order valence-electron chi connectivity index (χ0n) is 15.0. The third-order valence-electron chi connectivity index (χ3n) is 4.55. The number of aryl methyl sites for hydroxylation is 1. The zero-order valence-corrected chi connectivity index (χ0v) is 15.0. The Morgan fingerprint density at radius 2 is 1.64 bits per heavy atom. The summed E-state index contributed by atoms with van der Waals surface area (Å²) in [5, 5.41) is 2.39. The molecule has 0 atom stereocenters. The highest BCUT2D eigenvalue weighted by atomic mass is 19.4. The fraction of sp³-hybridized carbons (Fsp3) is 0.316. The number of alkyl halides is 3. The Bertz CT molecular complexity index is 959. The smallest absolute Gasteiger partial charge is 0.339 e. The predicted molar refractivity (Wildman–Crippen MR) is 96.2 cm³/mol. The van der Waals surface area contributed by atoms with Gasteiger partial charge in [0.15, 0.2) is 0 Å². The molecule has 2 aromatic rings. The molecule has 3 rings (SSSR count). The van der Waals surface area contributed by atoms with Crippen molar-refractivity contribution in [3.8, 4) is 0 Å². The van der Waals surface area contributed by atoms with Gasteiger partial charge in [-0.3, -0.25) is 14.4 Å². The average Bonchev–Trinajstić information content (AvgIpc) is 3.18. The first kappa shape index (κ1) is 19.7. The van der Waals surface area contributed by atoms with Crippen molar-refractivity contribution in [2.45, 2.75) is 19.0 Å². The van der Waals surface area contributed by atoms with Gasteiger partial charge in [0.25, 0.3) is 17.4 Å². The van der Waals surface area contributed by atoms with E-state index in [-0.39, 0.29) is 22.7 Å². The number of likely N-dealkylation sites (tertiary alicyclic amines) is 1.